The van der Waals surface area contributed by atoms with Gasteiger partial charge in [-0.25, -0.2) is 0 Å². The smallest absolute Gasteiger partial charge is 0.330 e. The van der Waals surface area contributed by atoms with Crippen molar-refractivity contribution in [1.82, 2.24) is 0 Å². The van der Waals surface area contributed by atoms with Crippen molar-refractivity contribution in [3.63, 3.8) is 0 Å². The van der Waals surface area contributed by atoms with E-state index in [1.807, 2.05) is 0 Å². The first-order valence-electron chi connectivity index (χ1n) is 4.50. The monoisotopic (exact) mass is 193 g/mol. The first-order chi connectivity index (χ1) is 6.04. The zero-order valence-electron chi connectivity index (χ0n) is 7.40. The minimum atomic E-state index is -4.12. The van der Waals surface area contributed by atoms with Crippen molar-refractivity contribution in [2.75, 3.05) is 6.54 Å². The van der Waals surface area contributed by atoms with Crippen molar-refractivity contribution in [3.8, 4) is 0 Å². The molecule has 0 radical (unpaired) electrons. The average molecular weight is 193 g/mol. The lowest BCUT2D eigenvalue weighted by Crippen LogP contribution is -2.18. The van der Waals surface area contributed by atoms with E-state index in [9.17, 15) is 13.2 Å². The Bertz CT molecular complexity index is 196. The summed E-state index contributed by atoms with van der Waals surface area (Å²) in [6, 6.07) is 0. The summed E-state index contributed by atoms with van der Waals surface area (Å²) in [5, 5.41) is 0. The van der Waals surface area contributed by atoms with Crippen molar-refractivity contribution >= 4 is 0 Å². The van der Waals surface area contributed by atoms with Gasteiger partial charge in [0.1, 0.15) is 0 Å². The average Bonchev–Trinajstić information content (AvgIpc) is 2.04. The summed E-state index contributed by atoms with van der Waals surface area (Å²) in [7, 11) is 0. The van der Waals surface area contributed by atoms with Gasteiger partial charge in [-0.05, 0) is 38.1 Å². The van der Waals surface area contributed by atoms with Gasteiger partial charge in [0, 0.05) is 5.57 Å². The summed E-state index contributed by atoms with van der Waals surface area (Å²) in [6.45, 7) is 0.569. The number of allylic oxidation sites excluding steroid dienone is 2. The molecule has 0 saturated carbocycles. The third-order valence-corrected chi connectivity index (χ3v) is 2.46. The van der Waals surface area contributed by atoms with Gasteiger partial charge < -0.3 is 5.73 Å². The van der Waals surface area contributed by atoms with Gasteiger partial charge in [0.05, 0.1) is 0 Å². The molecule has 0 saturated heterocycles. The van der Waals surface area contributed by atoms with Crippen LogP contribution in [0.2, 0.25) is 0 Å². The van der Waals surface area contributed by atoms with Crippen LogP contribution in [0.4, 0.5) is 13.2 Å². The number of halogens is 3. The van der Waals surface area contributed by atoms with Crippen LogP contribution in [-0.4, -0.2) is 12.7 Å². The predicted octanol–water partition coefficient (Wildman–Crippen LogP) is 2.62. The van der Waals surface area contributed by atoms with E-state index in [0.717, 1.165) is 6.42 Å². The summed E-state index contributed by atoms with van der Waals surface area (Å²) in [5.74, 6) is 0.357. The molecular formula is C9H14F3N. The van der Waals surface area contributed by atoms with Crippen LogP contribution in [0.25, 0.3) is 0 Å². The van der Waals surface area contributed by atoms with E-state index in [1.54, 1.807) is 0 Å². The maximum atomic E-state index is 12.2. The highest BCUT2D eigenvalue weighted by Crippen LogP contribution is 2.35. The fourth-order valence-corrected chi connectivity index (χ4v) is 1.64. The van der Waals surface area contributed by atoms with Gasteiger partial charge >= 0.3 is 6.18 Å². The minimum absolute atomic E-state index is 0.161. The van der Waals surface area contributed by atoms with E-state index < -0.39 is 6.18 Å². The molecule has 2 N–H and O–H groups in total. The lowest BCUT2D eigenvalue weighted by atomic mass is 9.87. The molecule has 1 aliphatic carbocycles. The predicted molar refractivity (Wildman–Crippen MR) is 45.2 cm³/mol. The second-order valence-corrected chi connectivity index (χ2v) is 3.44. The largest absolute Gasteiger partial charge is 0.412 e. The molecule has 1 aliphatic rings. The molecule has 0 aromatic rings. The van der Waals surface area contributed by atoms with E-state index in [-0.39, 0.29) is 12.0 Å². The maximum Gasteiger partial charge on any atom is 0.412 e. The minimum Gasteiger partial charge on any atom is -0.330 e. The molecule has 0 aliphatic heterocycles. The van der Waals surface area contributed by atoms with Crippen LogP contribution in [0.15, 0.2) is 11.6 Å². The molecule has 1 atom stereocenters. The van der Waals surface area contributed by atoms with Crippen molar-refractivity contribution in [2.45, 2.75) is 31.9 Å². The second-order valence-electron chi connectivity index (χ2n) is 3.44. The lowest BCUT2D eigenvalue weighted by molar-refractivity contribution is -0.0956. The van der Waals surface area contributed by atoms with Gasteiger partial charge in [-0.2, -0.15) is 13.2 Å². The molecule has 1 nitrogen and oxygen atoms in total. The highest BCUT2D eigenvalue weighted by molar-refractivity contribution is 5.12. The van der Waals surface area contributed by atoms with Crippen LogP contribution in [0, 0.1) is 5.92 Å². The maximum absolute atomic E-state index is 12.2. The molecule has 13 heavy (non-hydrogen) atoms. The molecule has 0 heterocycles. The van der Waals surface area contributed by atoms with Crippen LogP contribution in [-0.2, 0) is 0 Å². The van der Waals surface area contributed by atoms with Crippen LogP contribution in [0.1, 0.15) is 25.7 Å². The van der Waals surface area contributed by atoms with Crippen LogP contribution in [0.3, 0.4) is 0 Å². The Morgan fingerprint density at radius 2 is 2.15 bits per heavy atom. The van der Waals surface area contributed by atoms with Gasteiger partial charge in [0.25, 0.3) is 0 Å². The quantitative estimate of drug-likeness (QED) is 0.670. The molecule has 0 bridgehead atoms. The molecule has 0 amide bonds. The Morgan fingerprint density at radius 3 is 2.54 bits per heavy atom. The molecule has 0 fully saturated rings. The molecule has 1 rings (SSSR count). The second kappa shape index (κ2) is 4.13. The number of nitrogens with two attached hydrogens (primary N) is 1. The van der Waals surface area contributed by atoms with Gasteiger partial charge in [-0.3, -0.25) is 0 Å². The van der Waals surface area contributed by atoms with E-state index in [4.69, 9.17) is 5.73 Å². The number of rotatable bonds is 2. The number of alkyl halides is 3. The van der Waals surface area contributed by atoms with Crippen molar-refractivity contribution in [2.24, 2.45) is 11.7 Å². The molecule has 0 aromatic carbocycles. The van der Waals surface area contributed by atoms with Crippen molar-refractivity contribution in [3.05, 3.63) is 11.6 Å². The fraction of sp³-hybridized carbons (Fsp3) is 0.778. The van der Waals surface area contributed by atoms with Crippen LogP contribution >= 0.6 is 0 Å². The Kier molecular flexibility index (Phi) is 3.36. The lowest BCUT2D eigenvalue weighted by Gasteiger charge is -2.22. The number of hydrogen-bond donors (Lipinski definition) is 1. The van der Waals surface area contributed by atoms with Gasteiger partial charge in [-0.15, -0.1) is 0 Å². The van der Waals surface area contributed by atoms with Crippen LogP contribution in [0.5, 0.6) is 0 Å². The fourth-order valence-electron chi connectivity index (χ4n) is 1.64. The topological polar surface area (TPSA) is 26.0 Å². The third kappa shape index (κ3) is 3.03. The Balaban J connectivity index is 2.48. The van der Waals surface area contributed by atoms with E-state index in [1.165, 1.54) is 6.08 Å². The van der Waals surface area contributed by atoms with Crippen molar-refractivity contribution < 1.29 is 13.2 Å². The first-order valence-corrected chi connectivity index (χ1v) is 4.50. The summed E-state index contributed by atoms with van der Waals surface area (Å²) in [4.78, 5) is 0. The van der Waals surface area contributed by atoms with E-state index >= 15 is 0 Å². The highest BCUT2D eigenvalue weighted by atomic mass is 19.4. The molecule has 0 aromatic heterocycles. The summed E-state index contributed by atoms with van der Waals surface area (Å²) < 4.78 is 36.5. The Hall–Kier alpha value is -0.510. The molecule has 0 spiro atoms. The van der Waals surface area contributed by atoms with Gasteiger partial charge in [0.2, 0.25) is 0 Å². The van der Waals surface area contributed by atoms with E-state index in [0.29, 0.717) is 25.3 Å². The summed E-state index contributed by atoms with van der Waals surface area (Å²) >= 11 is 0. The highest BCUT2D eigenvalue weighted by Gasteiger charge is 2.34. The Morgan fingerprint density at radius 1 is 1.46 bits per heavy atom. The van der Waals surface area contributed by atoms with Crippen molar-refractivity contribution in [1.29, 1.82) is 0 Å². The molecule has 76 valence electrons. The standard InChI is InChI=1S/C9H14F3N/c10-9(11,12)8-3-1-7(2-4-8)5-6-13/h3,7H,1-2,4-6,13H2. The number of hydrogen-bond acceptors (Lipinski definition) is 1. The van der Waals surface area contributed by atoms with Gasteiger partial charge in [-0.1, -0.05) is 6.08 Å². The third-order valence-electron chi connectivity index (χ3n) is 2.46. The summed E-state index contributed by atoms with van der Waals surface area (Å²) in [6.07, 6.45) is -0.637. The van der Waals surface area contributed by atoms with Gasteiger partial charge in [0.15, 0.2) is 0 Å². The SMILES string of the molecule is NCCC1CC=C(C(F)(F)F)CC1. The Labute approximate surface area is 75.8 Å². The van der Waals surface area contributed by atoms with Crippen LogP contribution < -0.4 is 5.73 Å². The molecular weight excluding hydrogens is 179 g/mol. The normalized spacial score (nSPS) is 24.3. The molecule has 1 unspecified atom stereocenters. The zero-order chi connectivity index (χ0) is 9.90. The first kappa shape index (κ1) is 10.6. The zero-order valence-corrected chi connectivity index (χ0v) is 7.40. The molecule has 4 heteroatoms. The van der Waals surface area contributed by atoms with E-state index in [2.05, 4.69) is 0 Å². The summed E-state index contributed by atoms with van der Waals surface area (Å²) in [5.41, 5.74) is 4.98.